The van der Waals surface area contributed by atoms with Gasteiger partial charge in [0.15, 0.2) is 11.6 Å². The van der Waals surface area contributed by atoms with E-state index in [1.54, 1.807) is 19.9 Å². The zero-order chi connectivity index (χ0) is 14.0. The molecule has 0 aliphatic carbocycles. The number of aliphatic hydroxyl groups is 1. The van der Waals surface area contributed by atoms with Gasteiger partial charge in [-0.2, -0.15) is 0 Å². The molecule has 0 aliphatic heterocycles. The molecule has 0 spiro atoms. The fourth-order valence-corrected chi connectivity index (χ4v) is 1.67. The van der Waals surface area contributed by atoms with E-state index in [0.29, 0.717) is 16.9 Å². The van der Waals surface area contributed by atoms with Gasteiger partial charge in [0, 0.05) is 0 Å². The highest BCUT2D eigenvalue weighted by Crippen LogP contribution is 2.27. The summed E-state index contributed by atoms with van der Waals surface area (Å²) in [5, 5.41) is 9.35. The van der Waals surface area contributed by atoms with Gasteiger partial charge in [-0.1, -0.05) is 6.07 Å². The molecule has 0 fully saturated rings. The van der Waals surface area contributed by atoms with E-state index in [2.05, 4.69) is 0 Å². The first-order valence-electron chi connectivity index (χ1n) is 5.89. The summed E-state index contributed by atoms with van der Waals surface area (Å²) in [6.45, 7) is 3.16. The molecule has 2 aromatic rings. The van der Waals surface area contributed by atoms with Crippen molar-refractivity contribution in [1.82, 2.24) is 0 Å². The van der Waals surface area contributed by atoms with Crippen molar-refractivity contribution < 1.29 is 18.6 Å². The van der Waals surface area contributed by atoms with Gasteiger partial charge in [-0.25, -0.2) is 8.78 Å². The summed E-state index contributed by atoms with van der Waals surface area (Å²) in [5.41, 5.74) is 0.902. The predicted octanol–water partition coefficient (Wildman–Crippen LogP) is 4.12. The lowest BCUT2D eigenvalue weighted by molar-refractivity contribution is 0.198. The monoisotopic (exact) mass is 264 g/mol. The Morgan fingerprint density at radius 3 is 2.37 bits per heavy atom. The smallest absolute Gasteiger partial charge is 0.166 e. The molecule has 0 aromatic heterocycles. The van der Waals surface area contributed by atoms with E-state index in [4.69, 9.17) is 4.74 Å². The maximum absolute atomic E-state index is 13.8. The topological polar surface area (TPSA) is 29.5 Å². The SMILES string of the molecule is Cc1cc(Oc2ccc([C@H](C)O)cc2F)ccc1F. The highest BCUT2D eigenvalue weighted by molar-refractivity contribution is 5.36. The Labute approximate surface area is 110 Å². The molecule has 2 nitrogen and oxygen atoms in total. The van der Waals surface area contributed by atoms with E-state index in [-0.39, 0.29) is 11.6 Å². The lowest BCUT2D eigenvalue weighted by Gasteiger charge is -2.10. The van der Waals surface area contributed by atoms with Crippen LogP contribution < -0.4 is 4.74 Å². The summed E-state index contributed by atoms with van der Waals surface area (Å²) >= 11 is 0. The Morgan fingerprint density at radius 1 is 1.05 bits per heavy atom. The fourth-order valence-electron chi connectivity index (χ4n) is 1.67. The first-order valence-corrected chi connectivity index (χ1v) is 5.89. The van der Waals surface area contributed by atoms with Crippen LogP contribution in [0.5, 0.6) is 11.5 Å². The number of aryl methyl sites for hydroxylation is 1. The van der Waals surface area contributed by atoms with Crippen LogP contribution in [0.4, 0.5) is 8.78 Å². The van der Waals surface area contributed by atoms with Crippen molar-refractivity contribution in [3.05, 3.63) is 59.2 Å². The number of aliphatic hydroxyl groups excluding tert-OH is 1. The minimum absolute atomic E-state index is 0.0374. The van der Waals surface area contributed by atoms with Crippen molar-refractivity contribution in [3.8, 4) is 11.5 Å². The molecular formula is C15H14F2O2. The molecule has 0 saturated carbocycles. The number of rotatable bonds is 3. The summed E-state index contributed by atoms with van der Waals surface area (Å²) in [4.78, 5) is 0. The molecule has 2 aromatic carbocycles. The Hall–Kier alpha value is -1.94. The molecule has 0 amide bonds. The normalized spacial score (nSPS) is 12.3. The van der Waals surface area contributed by atoms with Crippen molar-refractivity contribution in [3.63, 3.8) is 0 Å². The van der Waals surface area contributed by atoms with Crippen LogP contribution in [-0.2, 0) is 0 Å². The number of ether oxygens (including phenoxy) is 1. The van der Waals surface area contributed by atoms with Gasteiger partial charge in [-0.05, 0) is 55.3 Å². The van der Waals surface area contributed by atoms with Crippen LogP contribution in [0.15, 0.2) is 36.4 Å². The largest absolute Gasteiger partial charge is 0.454 e. The maximum atomic E-state index is 13.8. The second kappa shape index (κ2) is 5.36. The molecule has 0 heterocycles. The van der Waals surface area contributed by atoms with Gasteiger partial charge in [-0.15, -0.1) is 0 Å². The molecule has 4 heteroatoms. The van der Waals surface area contributed by atoms with Crippen LogP contribution in [0.25, 0.3) is 0 Å². The molecule has 1 atom stereocenters. The molecule has 0 bridgehead atoms. The van der Waals surface area contributed by atoms with E-state index in [1.807, 2.05) is 0 Å². The average molecular weight is 264 g/mol. The van der Waals surface area contributed by atoms with Crippen molar-refractivity contribution in [2.75, 3.05) is 0 Å². The number of benzene rings is 2. The zero-order valence-electron chi connectivity index (χ0n) is 10.7. The third-order valence-corrected chi connectivity index (χ3v) is 2.80. The standard InChI is InChI=1S/C15H14F2O2/c1-9-7-12(4-5-13(9)16)19-15-6-3-11(10(2)18)8-14(15)17/h3-8,10,18H,1-2H3/t10-/m0/s1. The van der Waals surface area contributed by atoms with Gasteiger partial charge < -0.3 is 9.84 Å². The molecule has 19 heavy (non-hydrogen) atoms. The first-order chi connectivity index (χ1) is 8.97. The highest BCUT2D eigenvalue weighted by Gasteiger charge is 2.09. The third-order valence-electron chi connectivity index (χ3n) is 2.80. The van der Waals surface area contributed by atoms with Crippen LogP contribution >= 0.6 is 0 Å². The average Bonchev–Trinajstić information content (AvgIpc) is 2.36. The molecule has 2 rings (SSSR count). The molecule has 0 unspecified atom stereocenters. The van der Waals surface area contributed by atoms with Crippen LogP contribution in [0.3, 0.4) is 0 Å². The lowest BCUT2D eigenvalue weighted by Crippen LogP contribution is -1.95. The molecule has 0 saturated heterocycles. The summed E-state index contributed by atoms with van der Waals surface area (Å²) in [6, 6.07) is 8.44. The molecular weight excluding hydrogens is 250 g/mol. The molecule has 0 aliphatic rings. The molecule has 100 valence electrons. The molecule has 1 N–H and O–H groups in total. The Kier molecular flexibility index (Phi) is 3.81. The van der Waals surface area contributed by atoms with Crippen molar-refractivity contribution in [2.45, 2.75) is 20.0 Å². The maximum Gasteiger partial charge on any atom is 0.166 e. The lowest BCUT2D eigenvalue weighted by atomic mass is 10.1. The highest BCUT2D eigenvalue weighted by atomic mass is 19.1. The number of hydrogen-bond acceptors (Lipinski definition) is 2. The van der Waals surface area contributed by atoms with Crippen LogP contribution in [0, 0.1) is 18.6 Å². The minimum atomic E-state index is -0.739. The summed E-state index contributed by atoms with van der Waals surface area (Å²) in [7, 11) is 0. The number of hydrogen-bond donors (Lipinski definition) is 1. The Morgan fingerprint density at radius 2 is 1.79 bits per heavy atom. The van der Waals surface area contributed by atoms with Gasteiger partial charge in [0.2, 0.25) is 0 Å². The summed E-state index contributed by atoms with van der Waals surface area (Å²) in [6.07, 6.45) is -0.739. The zero-order valence-corrected chi connectivity index (χ0v) is 10.7. The minimum Gasteiger partial charge on any atom is -0.454 e. The van der Waals surface area contributed by atoms with Crippen LogP contribution in [-0.4, -0.2) is 5.11 Å². The van der Waals surface area contributed by atoms with E-state index in [0.717, 1.165) is 0 Å². The Bertz CT molecular complexity index is 595. The van der Waals surface area contributed by atoms with Gasteiger partial charge in [0.25, 0.3) is 0 Å². The second-order valence-corrected chi connectivity index (χ2v) is 4.38. The second-order valence-electron chi connectivity index (χ2n) is 4.38. The van der Waals surface area contributed by atoms with Crippen molar-refractivity contribution in [1.29, 1.82) is 0 Å². The first kappa shape index (κ1) is 13.5. The quantitative estimate of drug-likeness (QED) is 0.903. The van der Waals surface area contributed by atoms with E-state index < -0.39 is 11.9 Å². The third kappa shape index (κ3) is 3.09. The van der Waals surface area contributed by atoms with E-state index in [9.17, 15) is 13.9 Å². The van der Waals surface area contributed by atoms with E-state index in [1.165, 1.54) is 30.3 Å². The summed E-state index contributed by atoms with van der Waals surface area (Å²) in [5.74, 6) is -0.504. The van der Waals surface area contributed by atoms with Crippen LogP contribution in [0.1, 0.15) is 24.2 Å². The van der Waals surface area contributed by atoms with Gasteiger partial charge in [-0.3, -0.25) is 0 Å². The number of halogens is 2. The summed E-state index contributed by atoms with van der Waals surface area (Å²) < 4.78 is 32.2. The fraction of sp³-hybridized carbons (Fsp3) is 0.200. The molecule has 0 radical (unpaired) electrons. The predicted molar refractivity (Wildman–Crippen MR) is 68.2 cm³/mol. The van der Waals surface area contributed by atoms with Crippen molar-refractivity contribution in [2.24, 2.45) is 0 Å². The van der Waals surface area contributed by atoms with Gasteiger partial charge in [0.1, 0.15) is 11.6 Å². The van der Waals surface area contributed by atoms with Crippen LogP contribution in [0.2, 0.25) is 0 Å². The van der Waals surface area contributed by atoms with Gasteiger partial charge >= 0.3 is 0 Å². The van der Waals surface area contributed by atoms with Crippen molar-refractivity contribution >= 4 is 0 Å². The Balaban J connectivity index is 2.25. The van der Waals surface area contributed by atoms with E-state index >= 15 is 0 Å². The van der Waals surface area contributed by atoms with Gasteiger partial charge in [0.05, 0.1) is 6.10 Å².